The first kappa shape index (κ1) is 12.9. The summed E-state index contributed by atoms with van der Waals surface area (Å²) in [7, 11) is 0. The maximum absolute atomic E-state index is 12.4. The molecule has 0 unspecified atom stereocenters. The molecule has 3 rings (SSSR count). The molecule has 1 aliphatic heterocycles. The van der Waals surface area contributed by atoms with Crippen LogP contribution < -0.4 is 0 Å². The van der Waals surface area contributed by atoms with Crippen molar-refractivity contribution >= 4 is 44.3 Å². The van der Waals surface area contributed by atoms with E-state index in [0.717, 1.165) is 41.3 Å². The van der Waals surface area contributed by atoms with Crippen molar-refractivity contribution < 1.29 is 4.79 Å². The Balaban J connectivity index is 2.07. The molecule has 5 heteroatoms. The van der Waals surface area contributed by atoms with E-state index in [1.807, 2.05) is 29.2 Å². The van der Waals surface area contributed by atoms with Gasteiger partial charge >= 0.3 is 0 Å². The van der Waals surface area contributed by atoms with E-state index in [2.05, 4.69) is 20.9 Å². The van der Waals surface area contributed by atoms with E-state index in [9.17, 15) is 4.79 Å². The van der Waals surface area contributed by atoms with Crippen molar-refractivity contribution in [3.05, 3.63) is 39.5 Å². The van der Waals surface area contributed by atoms with Crippen LogP contribution in [0.3, 0.4) is 0 Å². The van der Waals surface area contributed by atoms with Crippen LogP contribution in [0.1, 0.15) is 23.2 Å². The molecule has 3 nitrogen and oxygen atoms in total. The van der Waals surface area contributed by atoms with E-state index < -0.39 is 0 Å². The number of halogens is 2. The van der Waals surface area contributed by atoms with Gasteiger partial charge in [-0.2, -0.15) is 0 Å². The summed E-state index contributed by atoms with van der Waals surface area (Å²) in [6.07, 6.45) is 2.13. The topological polar surface area (TPSA) is 33.2 Å². The zero-order valence-electron chi connectivity index (χ0n) is 10.2. The highest BCUT2D eigenvalue weighted by Gasteiger charge is 2.22. The summed E-state index contributed by atoms with van der Waals surface area (Å²) in [5.74, 6) is -0.0168. The molecular formula is C14H12BrClN2O. The summed E-state index contributed by atoms with van der Waals surface area (Å²) in [5.41, 5.74) is 1.29. The van der Waals surface area contributed by atoms with Crippen molar-refractivity contribution in [3.63, 3.8) is 0 Å². The van der Waals surface area contributed by atoms with Crippen LogP contribution in [0.2, 0.25) is 5.15 Å². The van der Waals surface area contributed by atoms with Gasteiger partial charge in [0.15, 0.2) is 0 Å². The first-order valence-corrected chi connectivity index (χ1v) is 7.37. The summed E-state index contributed by atoms with van der Waals surface area (Å²) in [5, 5.41) is 1.20. The fourth-order valence-electron chi connectivity index (χ4n) is 2.36. The number of amides is 1. The van der Waals surface area contributed by atoms with Gasteiger partial charge in [-0.15, -0.1) is 0 Å². The Morgan fingerprint density at radius 2 is 2.00 bits per heavy atom. The quantitative estimate of drug-likeness (QED) is 0.739. The number of likely N-dealkylation sites (tertiary alicyclic amines) is 1. The van der Waals surface area contributed by atoms with Crippen LogP contribution in [0, 0.1) is 0 Å². The minimum Gasteiger partial charge on any atom is -0.339 e. The number of hydrogen-bond donors (Lipinski definition) is 0. The Morgan fingerprint density at radius 1 is 1.26 bits per heavy atom. The third-order valence-electron chi connectivity index (χ3n) is 3.35. The van der Waals surface area contributed by atoms with Gasteiger partial charge in [-0.1, -0.05) is 27.5 Å². The second kappa shape index (κ2) is 5.10. The van der Waals surface area contributed by atoms with Gasteiger partial charge in [-0.25, -0.2) is 4.98 Å². The fraction of sp³-hybridized carbons (Fsp3) is 0.286. The van der Waals surface area contributed by atoms with Crippen molar-refractivity contribution in [1.82, 2.24) is 9.88 Å². The Kier molecular flexibility index (Phi) is 3.46. The number of fused-ring (bicyclic) bond motifs is 1. The first-order chi connectivity index (χ1) is 9.15. The first-order valence-electron chi connectivity index (χ1n) is 6.20. The molecule has 0 N–H and O–H groups in total. The highest BCUT2D eigenvalue weighted by atomic mass is 79.9. The van der Waals surface area contributed by atoms with Crippen molar-refractivity contribution in [2.24, 2.45) is 0 Å². The van der Waals surface area contributed by atoms with Gasteiger partial charge in [0.25, 0.3) is 5.91 Å². The molecule has 1 aromatic carbocycles. The number of carbonyl (C=O) groups excluding carboxylic acids is 1. The number of benzene rings is 1. The molecule has 1 fully saturated rings. The van der Waals surface area contributed by atoms with Gasteiger partial charge in [0.05, 0.1) is 11.1 Å². The van der Waals surface area contributed by atoms with Crippen LogP contribution in [-0.4, -0.2) is 28.9 Å². The maximum atomic E-state index is 12.4. The minimum atomic E-state index is -0.0168. The van der Waals surface area contributed by atoms with Crippen molar-refractivity contribution in [2.45, 2.75) is 12.8 Å². The molecule has 0 aliphatic carbocycles. The van der Waals surface area contributed by atoms with E-state index in [1.165, 1.54) is 0 Å². The zero-order valence-corrected chi connectivity index (χ0v) is 12.5. The molecule has 0 saturated carbocycles. The summed E-state index contributed by atoms with van der Waals surface area (Å²) in [4.78, 5) is 18.5. The van der Waals surface area contributed by atoms with Gasteiger partial charge < -0.3 is 4.90 Å². The van der Waals surface area contributed by atoms with Gasteiger partial charge in [-0.3, -0.25) is 4.79 Å². The van der Waals surface area contributed by atoms with Gasteiger partial charge in [-0.05, 0) is 37.1 Å². The second-order valence-electron chi connectivity index (χ2n) is 4.66. The molecule has 2 heterocycles. The molecule has 2 aromatic rings. The lowest BCUT2D eigenvalue weighted by Crippen LogP contribution is -2.28. The standard InChI is InChI=1S/C14H12BrClN2O/c15-10-3-4-12-9(7-10)8-11(13(16)17-12)14(19)18-5-1-2-6-18/h3-4,7-8H,1-2,5-6H2. The normalized spacial score (nSPS) is 15.2. The zero-order chi connectivity index (χ0) is 13.4. The summed E-state index contributed by atoms with van der Waals surface area (Å²) in [6, 6.07) is 7.57. The SMILES string of the molecule is O=C(c1cc2cc(Br)ccc2nc1Cl)N1CCCC1. The minimum absolute atomic E-state index is 0.0168. The highest BCUT2D eigenvalue weighted by molar-refractivity contribution is 9.10. The molecule has 98 valence electrons. The molecule has 0 spiro atoms. The van der Waals surface area contributed by atoms with Crippen LogP contribution in [0.5, 0.6) is 0 Å². The third kappa shape index (κ3) is 2.47. The van der Waals surface area contributed by atoms with Gasteiger partial charge in [0, 0.05) is 22.9 Å². The monoisotopic (exact) mass is 338 g/mol. The number of pyridine rings is 1. The lowest BCUT2D eigenvalue weighted by atomic mass is 10.1. The molecule has 1 aliphatic rings. The Hall–Kier alpha value is -1.13. The lowest BCUT2D eigenvalue weighted by Gasteiger charge is -2.16. The number of hydrogen-bond acceptors (Lipinski definition) is 2. The fourth-order valence-corrected chi connectivity index (χ4v) is 2.97. The molecule has 0 radical (unpaired) electrons. The van der Waals surface area contributed by atoms with Gasteiger partial charge in [0.1, 0.15) is 5.15 Å². The molecule has 1 amide bonds. The van der Waals surface area contributed by atoms with E-state index in [0.29, 0.717) is 5.56 Å². The second-order valence-corrected chi connectivity index (χ2v) is 5.94. The van der Waals surface area contributed by atoms with Crippen molar-refractivity contribution in [1.29, 1.82) is 0 Å². The molecule has 0 atom stereocenters. The number of carbonyl (C=O) groups is 1. The smallest absolute Gasteiger partial charge is 0.257 e. The molecular weight excluding hydrogens is 328 g/mol. The van der Waals surface area contributed by atoms with Crippen LogP contribution in [0.15, 0.2) is 28.7 Å². The predicted molar refractivity (Wildman–Crippen MR) is 79.6 cm³/mol. The summed E-state index contributed by atoms with van der Waals surface area (Å²) in [6.45, 7) is 1.62. The van der Waals surface area contributed by atoms with E-state index >= 15 is 0 Å². The Bertz CT molecular complexity index is 653. The van der Waals surface area contributed by atoms with E-state index in [1.54, 1.807) is 0 Å². The highest BCUT2D eigenvalue weighted by Crippen LogP contribution is 2.25. The van der Waals surface area contributed by atoms with E-state index in [-0.39, 0.29) is 11.1 Å². The Labute approximate surface area is 124 Å². The number of rotatable bonds is 1. The lowest BCUT2D eigenvalue weighted by molar-refractivity contribution is 0.0793. The van der Waals surface area contributed by atoms with E-state index in [4.69, 9.17) is 11.6 Å². The largest absolute Gasteiger partial charge is 0.339 e. The third-order valence-corrected chi connectivity index (χ3v) is 4.14. The van der Waals surface area contributed by atoms with Gasteiger partial charge in [0.2, 0.25) is 0 Å². The molecule has 0 bridgehead atoms. The molecule has 1 saturated heterocycles. The van der Waals surface area contributed by atoms with Crippen LogP contribution in [0.25, 0.3) is 10.9 Å². The van der Waals surface area contributed by atoms with Crippen LogP contribution in [0.4, 0.5) is 0 Å². The number of nitrogens with zero attached hydrogens (tertiary/aromatic N) is 2. The van der Waals surface area contributed by atoms with Crippen molar-refractivity contribution in [3.8, 4) is 0 Å². The van der Waals surface area contributed by atoms with Crippen molar-refractivity contribution in [2.75, 3.05) is 13.1 Å². The average molecular weight is 340 g/mol. The summed E-state index contributed by atoms with van der Waals surface area (Å²) < 4.78 is 0.962. The molecule has 1 aromatic heterocycles. The Morgan fingerprint density at radius 3 is 2.74 bits per heavy atom. The van der Waals surface area contributed by atoms with Crippen LogP contribution >= 0.6 is 27.5 Å². The number of aromatic nitrogens is 1. The summed E-state index contributed by atoms with van der Waals surface area (Å²) >= 11 is 9.57. The predicted octanol–water partition coefficient (Wildman–Crippen LogP) is 3.89. The molecule has 19 heavy (non-hydrogen) atoms. The maximum Gasteiger partial charge on any atom is 0.257 e. The average Bonchev–Trinajstić information content (AvgIpc) is 2.91. The van der Waals surface area contributed by atoms with Crippen LogP contribution in [-0.2, 0) is 0 Å².